The van der Waals surface area contributed by atoms with Crippen molar-refractivity contribution in [3.8, 4) is 22.3 Å². The summed E-state index contributed by atoms with van der Waals surface area (Å²) in [6.45, 7) is 4.69. The molecule has 0 unspecified atom stereocenters. The molecule has 55 heavy (non-hydrogen) atoms. The predicted molar refractivity (Wildman–Crippen MR) is 232 cm³/mol. The Bertz CT molecular complexity index is 3360. The minimum absolute atomic E-state index is 0.133. The second-order valence-electron chi connectivity index (χ2n) is 15.3. The molecule has 8 aromatic carbocycles. The summed E-state index contributed by atoms with van der Waals surface area (Å²) in [6.07, 6.45) is 0. The van der Waals surface area contributed by atoms with Crippen LogP contribution in [0.3, 0.4) is 0 Å². The van der Waals surface area contributed by atoms with E-state index in [1.807, 2.05) is 11.3 Å². The van der Waals surface area contributed by atoms with Gasteiger partial charge in [-0.25, -0.2) is 0 Å². The SMILES string of the molecule is CC1(C)c2ccccc2-c2ccc(N(c3ccc4c(c3)sc3ccccc34)c3cccc4c3oc3cc5c(cc34)oc3ccc(-c4ccccc4)cc35)cc21. The van der Waals surface area contributed by atoms with Crippen LogP contribution in [-0.2, 0) is 5.41 Å². The van der Waals surface area contributed by atoms with Crippen LogP contribution in [0.5, 0.6) is 0 Å². The molecule has 0 saturated heterocycles. The Morgan fingerprint density at radius 3 is 2.04 bits per heavy atom. The van der Waals surface area contributed by atoms with Crippen LogP contribution in [0.2, 0.25) is 0 Å². The molecule has 12 rings (SSSR count). The van der Waals surface area contributed by atoms with Gasteiger partial charge in [0.2, 0.25) is 0 Å². The highest BCUT2D eigenvalue weighted by Crippen LogP contribution is 2.52. The molecule has 0 radical (unpaired) electrons. The molecule has 0 atom stereocenters. The summed E-state index contributed by atoms with van der Waals surface area (Å²) in [5.41, 5.74) is 14.1. The van der Waals surface area contributed by atoms with Crippen molar-refractivity contribution < 1.29 is 8.83 Å². The molecule has 1 aliphatic rings. The van der Waals surface area contributed by atoms with Crippen molar-refractivity contribution in [1.29, 1.82) is 0 Å². The van der Waals surface area contributed by atoms with Crippen molar-refractivity contribution in [2.24, 2.45) is 0 Å². The average Bonchev–Trinajstić information content (AvgIpc) is 3.95. The number of benzene rings is 8. The van der Waals surface area contributed by atoms with E-state index in [1.165, 1.54) is 48.0 Å². The largest absolute Gasteiger partial charge is 0.456 e. The van der Waals surface area contributed by atoms with Gasteiger partial charge < -0.3 is 13.7 Å². The molecule has 11 aromatic rings. The average molecular weight is 724 g/mol. The van der Waals surface area contributed by atoms with Gasteiger partial charge in [0.15, 0.2) is 5.58 Å². The lowest BCUT2D eigenvalue weighted by Crippen LogP contribution is -2.16. The fourth-order valence-electron chi connectivity index (χ4n) is 9.15. The molecule has 1 aliphatic carbocycles. The lowest BCUT2D eigenvalue weighted by molar-refractivity contribution is 0.660. The van der Waals surface area contributed by atoms with Crippen molar-refractivity contribution in [2.75, 3.05) is 4.90 Å². The summed E-state index contributed by atoms with van der Waals surface area (Å²) >= 11 is 1.84. The minimum atomic E-state index is -0.133. The van der Waals surface area contributed by atoms with Crippen LogP contribution in [-0.4, -0.2) is 0 Å². The molecule has 260 valence electrons. The van der Waals surface area contributed by atoms with Crippen LogP contribution in [0.15, 0.2) is 173 Å². The molecule has 0 aliphatic heterocycles. The van der Waals surface area contributed by atoms with E-state index in [0.29, 0.717) is 0 Å². The van der Waals surface area contributed by atoms with Crippen molar-refractivity contribution in [3.05, 3.63) is 175 Å². The van der Waals surface area contributed by atoms with Gasteiger partial charge in [-0.15, -0.1) is 11.3 Å². The second kappa shape index (κ2) is 11.2. The van der Waals surface area contributed by atoms with Crippen LogP contribution < -0.4 is 4.90 Å². The molecule has 3 heterocycles. The number of anilines is 3. The Kier molecular flexibility index (Phi) is 6.27. The summed E-state index contributed by atoms with van der Waals surface area (Å²) < 4.78 is 16.0. The molecular weight excluding hydrogens is 691 g/mol. The number of furan rings is 2. The van der Waals surface area contributed by atoms with Crippen molar-refractivity contribution in [2.45, 2.75) is 19.3 Å². The zero-order chi connectivity index (χ0) is 36.4. The third-order valence-corrected chi connectivity index (χ3v) is 13.0. The molecule has 3 aromatic heterocycles. The standard InChI is InChI=1S/C51H33NO2S/c1-51(2)42-16-8-6-13-34(42)35-22-20-32(26-43(35)51)52(33-21-23-37-36-14-7-9-18-48(36)55-49(37)27-33)44-17-10-15-38-40-28-46-41(29-47(40)54-50(38)44)39-25-31(19-24-45(39)53-46)30-11-4-3-5-12-30/h3-29H,1-2H3. The van der Waals surface area contributed by atoms with E-state index < -0.39 is 0 Å². The van der Waals surface area contributed by atoms with E-state index in [0.717, 1.165) is 66.5 Å². The molecule has 0 N–H and O–H groups in total. The maximum atomic E-state index is 6.99. The number of nitrogens with zero attached hydrogens (tertiary/aromatic N) is 1. The van der Waals surface area contributed by atoms with Crippen LogP contribution in [0, 0.1) is 0 Å². The molecular formula is C51H33NO2S. The van der Waals surface area contributed by atoms with Crippen LogP contribution >= 0.6 is 11.3 Å². The van der Waals surface area contributed by atoms with E-state index in [-0.39, 0.29) is 5.41 Å². The highest BCUT2D eigenvalue weighted by molar-refractivity contribution is 7.25. The van der Waals surface area contributed by atoms with Gasteiger partial charge in [0.1, 0.15) is 16.7 Å². The lowest BCUT2D eigenvalue weighted by atomic mass is 9.82. The number of hydrogen-bond donors (Lipinski definition) is 0. The summed E-state index contributed by atoms with van der Waals surface area (Å²) in [4.78, 5) is 2.39. The Hall–Kier alpha value is -6.62. The quantitative estimate of drug-likeness (QED) is 0.181. The summed E-state index contributed by atoms with van der Waals surface area (Å²) in [5.74, 6) is 0. The second-order valence-corrected chi connectivity index (χ2v) is 16.4. The number of thiophene rings is 1. The Morgan fingerprint density at radius 2 is 1.13 bits per heavy atom. The summed E-state index contributed by atoms with van der Waals surface area (Å²) in [6, 6.07) is 59.2. The van der Waals surface area contributed by atoms with Crippen molar-refractivity contribution >= 4 is 92.4 Å². The Balaban J connectivity index is 1.08. The Morgan fingerprint density at radius 1 is 0.436 bits per heavy atom. The van der Waals surface area contributed by atoms with Crippen LogP contribution in [0.4, 0.5) is 17.1 Å². The molecule has 0 saturated carbocycles. The van der Waals surface area contributed by atoms with Gasteiger partial charge in [-0.05, 0) is 94.0 Å². The number of hydrogen-bond acceptors (Lipinski definition) is 4. The molecule has 4 heteroatoms. The number of para-hydroxylation sites is 1. The monoisotopic (exact) mass is 723 g/mol. The first kappa shape index (κ1) is 30.8. The van der Waals surface area contributed by atoms with Gasteiger partial charge >= 0.3 is 0 Å². The number of fused-ring (bicyclic) bond motifs is 12. The van der Waals surface area contributed by atoms with E-state index in [9.17, 15) is 0 Å². The van der Waals surface area contributed by atoms with E-state index in [4.69, 9.17) is 8.83 Å². The van der Waals surface area contributed by atoms with Gasteiger partial charge in [-0.1, -0.05) is 117 Å². The maximum absolute atomic E-state index is 6.99. The first-order valence-electron chi connectivity index (χ1n) is 18.8. The smallest absolute Gasteiger partial charge is 0.159 e. The molecule has 0 spiro atoms. The molecule has 0 fully saturated rings. The van der Waals surface area contributed by atoms with Gasteiger partial charge in [-0.2, -0.15) is 0 Å². The molecule has 0 amide bonds. The topological polar surface area (TPSA) is 29.5 Å². The minimum Gasteiger partial charge on any atom is -0.456 e. The van der Waals surface area contributed by atoms with Gasteiger partial charge in [0.05, 0.1) is 5.69 Å². The lowest BCUT2D eigenvalue weighted by Gasteiger charge is -2.28. The zero-order valence-corrected chi connectivity index (χ0v) is 31.1. The maximum Gasteiger partial charge on any atom is 0.159 e. The highest BCUT2D eigenvalue weighted by atomic mass is 32.1. The van der Waals surface area contributed by atoms with Gasteiger partial charge in [0, 0.05) is 58.5 Å². The molecule has 3 nitrogen and oxygen atoms in total. The molecule has 0 bridgehead atoms. The van der Waals surface area contributed by atoms with Gasteiger partial charge in [0.25, 0.3) is 0 Å². The van der Waals surface area contributed by atoms with E-state index in [2.05, 4.69) is 183 Å². The Labute approximate surface area is 321 Å². The first-order chi connectivity index (χ1) is 27.0. The third-order valence-electron chi connectivity index (χ3n) is 11.9. The number of rotatable bonds is 4. The van der Waals surface area contributed by atoms with Crippen molar-refractivity contribution in [1.82, 2.24) is 0 Å². The summed E-state index contributed by atoms with van der Waals surface area (Å²) in [7, 11) is 0. The van der Waals surface area contributed by atoms with Gasteiger partial charge in [-0.3, -0.25) is 0 Å². The fourth-order valence-corrected chi connectivity index (χ4v) is 10.3. The normalized spacial score (nSPS) is 13.4. The first-order valence-corrected chi connectivity index (χ1v) is 19.6. The van der Waals surface area contributed by atoms with E-state index >= 15 is 0 Å². The van der Waals surface area contributed by atoms with Crippen LogP contribution in [0.1, 0.15) is 25.0 Å². The van der Waals surface area contributed by atoms with E-state index in [1.54, 1.807) is 0 Å². The third kappa shape index (κ3) is 4.43. The fraction of sp³-hybridized carbons (Fsp3) is 0.0588. The highest BCUT2D eigenvalue weighted by Gasteiger charge is 2.36. The summed E-state index contributed by atoms with van der Waals surface area (Å²) in [5, 5.41) is 6.80. The van der Waals surface area contributed by atoms with Crippen molar-refractivity contribution in [3.63, 3.8) is 0 Å². The van der Waals surface area contributed by atoms with Crippen LogP contribution in [0.25, 0.3) is 86.3 Å². The predicted octanol–water partition coefficient (Wildman–Crippen LogP) is 15.3. The zero-order valence-electron chi connectivity index (χ0n) is 30.3.